The summed E-state index contributed by atoms with van der Waals surface area (Å²) in [4.78, 5) is 11.0. The molecule has 0 heterocycles. The van der Waals surface area contributed by atoms with Gasteiger partial charge in [0.15, 0.2) is 0 Å². The maximum atomic E-state index is 13.1. The molecule has 0 amide bonds. The molecule has 2 aromatic carbocycles. The van der Waals surface area contributed by atoms with Gasteiger partial charge in [-0.1, -0.05) is 30.3 Å². The molecule has 0 atom stereocenters. The molecule has 0 aliphatic carbocycles. The van der Waals surface area contributed by atoms with Crippen molar-refractivity contribution in [2.45, 2.75) is 6.92 Å². The van der Waals surface area contributed by atoms with Crippen LogP contribution in [0.25, 0.3) is 11.1 Å². The Kier molecular flexibility index (Phi) is 2.91. The van der Waals surface area contributed by atoms with Gasteiger partial charge in [0.1, 0.15) is 5.82 Å². The van der Waals surface area contributed by atoms with Crippen molar-refractivity contribution in [3.8, 4) is 11.1 Å². The highest BCUT2D eigenvalue weighted by Gasteiger charge is 2.06. The molecule has 0 bridgehead atoms. The number of carboxylic acids is 1. The van der Waals surface area contributed by atoms with Crippen molar-refractivity contribution in [3.63, 3.8) is 0 Å². The van der Waals surface area contributed by atoms with E-state index in [-0.39, 0.29) is 11.4 Å². The van der Waals surface area contributed by atoms with E-state index in [4.69, 9.17) is 0 Å². The average molecular weight is 229 g/mol. The molecular weight excluding hydrogens is 219 g/mol. The number of aromatic carboxylic acids is 1. The molecule has 0 radical (unpaired) electrons. The molecule has 0 saturated carbocycles. The maximum absolute atomic E-state index is 13.1. The lowest BCUT2D eigenvalue weighted by Gasteiger charge is -2.11. The van der Waals surface area contributed by atoms with Crippen LogP contribution in [0.3, 0.4) is 0 Å². The average Bonchev–Trinajstić information content (AvgIpc) is 2.32. The molecule has 17 heavy (non-hydrogen) atoms. The van der Waals surface area contributed by atoms with Gasteiger partial charge >= 0.3 is 0 Å². The van der Waals surface area contributed by atoms with Crippen LogP contribution in [0.2, 0.25) is 0 Å². The predicted molar refractivity (Wildman–Crippen MR) is 60.9 cm³/mol. The summed E-state index contributed by atoms with van der Waals surface area (Å²) in [6.07, 6.45) is 0. The van der Waals surface area contributed by atoms with E-state index >= 15 is 0 Å². The molecule has 0 unspecified atom stereocenters. The minimum atomic E-state index is -1.23. The van der Waals surface area contributed by atoms with Crippen molar-refractivity contribution < 1.29 is 14.3 Å². The summed E-state index contributed by atoms with van der Waals surface area (Å²) in [5, 5.41) is 11.0. The third-order valence-corrected chi connectivity index (χ3v) is 2.62. The molecule has 0 aromatic heterocycles. The van der Waals surface area contributed by atoms with Gasteiger partial charge in [-0.3, -0.25) is 0 Å². The van der Waals surface area contributed by atoms with Gasteiger partial charge in [-0.05, 0) is 35.7 Å². The van der Waals surface area contributed by atoms with Crippen molar-refractivity contribution >= 4 is 5.97 Å². The lowest BCUT2D eigenvalue weighted by atomic mass is 9.98. The fourth-order valence-electron chi connectivity index (χ4n) is 1.73. The van der Waals surface area contributed by atoms with E-state index < -0.39 is 5.97 Å². The van der Waals surface area contributed by atoms with Crippen LogP contribution in [-0.2, 0) is 0 Å². The number of benzene rings is 2. The van der Waals surface area contributed by atoms with E-state index in [1.807, 2.05) is 0 Å². The summed E-state index contributed by atoms with van der Waals surface area (Å²) >= 11 is 0. The minimum absolute atomic E-state index is 0.110. The first-order chi connectivity index (χ1) is 8.09. The third kappa shape index (κ3) is 2.18. The number of carbonyl (C=O) groups excluding carboxylic acids is 1. The van der Waals surface area contributed by atoms with Crippen molar-refractivity contribution in [2.75, 3.05) is 0 Å². The molecule has 0 aliphatic rings. The zero-order valence-corrected chi connectivity index (χ0v) is 9.24. The Bertz CT molecular complexity index is 576. The Balaban J connectivity index is 2.60. The number of carboxylic acid groups (broad SMARTS) is 1. The minimum Gasteiger partial charge on any atom is -0.545 e. The molecule has 0 saturated heterocycles. The molecule has 2 aromatic rings. The third-order valence-electron chi connectivity index (χ3n) is 2.62. The predicted octanol–water partition coefficient (Wildman–Crippen LogP) is 2.16. The summed E-state index contributed by atoms with van der Waals surface area (Å²) in [5.41, 5.74) is 1.80. The molecule has 2 rings (SSSR count). The molecule has 86 valence electrons. The number of aryl methyl sites for hydroxylation is 1. The van der Waals surface area contributed by atoms with Crippen LogP contribution in [0, 0.1) is 12.7 Å². The van der Waals surface area contributed by atoms with Crippen LogP contribution in [0.15, 0.2) is 42.5 Å². The van der Waals surface area contributed by atoms with Crippen LogP contribution >= 0.6 is 0 Å². The molecule has 3 heteroatoms. The van der Waals surface area contributed by atoms with Crippen molar-refractivity contribution in [1.29, 1.82) is 0 Å². The summed E-state index contributed by atoms with van der Waals surface area (Å²) in [5.74, 6) is -1.54. The van der Waals surface area contributed by atoms with E-state index in [9.17, 15) is 14.3 Å². The van der Waals surface area contributed by atoms with E-state index in [0.29, 0.717) is 16.7 Å². The van der Waals surface area contributed by atoms with Gasteiger partial charge in [0.2, 0.25) is 0 Å². The Labute approximate surface area is 98.3 Å². The number of carbonyl (C=O) groups is 1. The fourth-order valence-corrected chi connectivity index (χ4v) is 1.73. The van der Waals surface area contributed by atoms with Gasteiger partial charge in [-0.25, -0.2) is 4.39 Å². The smallest absolute Gasteiger partial charge is 0.126 e. The number of halogens is 1. The van der Waals surface area contributed by atoms with Gasteiger partial charge in [-0.2, -0.15) is 0 Å². The number of rotatable bonds is 2. The SMILES string of the molecule is Cc1cc(-c2ccccc2C(=O)[O-])ccc1F. The Morgan fingerprint density at radius 1 is 1.18 bits per heavy atom. The summed E-state index contributed by atoms with van der Waals surface area (Å²) in [6.45, 7) is 1.64. The molecule has 0 fully saturated rings. The first-order valence-electron chi connectivity index (χ1n) is 5.16. The Hall–Kier alpha value is -2.16. The summed E-state index contributed by atoms with van der Waals surface area (Å²) in [6, 6.07) is 11.0. The van der Waals surface area contributed by atoms with Crippen LogP contribution < -0.4 is 5.11 Å². The Morgan fingerprint density at radius 2 is 1.88 bits per heavy atom. The van der Waals surface area contributed by atoms with E-state index in [1.54, 1.807) is 37.3 Å². The molecular formula is C14H10FO2-. The standard InChI is InChI=1S/C14H11FO2/c1-9-8-10(6-7-13(9)15)11-4-2-3-5-12(11)14(16)17/h2-8H,1H3,(H,16,17)/p-1. The van der Waals surface area contributed by atoms with Gasteiger partial charge in [-0.15, -0.1) is 0 Å². The Morgan fingerprint density at radius 3 is 2.53 bits per heavy atom. The molecule has 0 spiro atoms. The first-order valence-corrected chi connectivity index (χ1v) is 5.16. The number of hydrogen-bond acceptors (Lipinski definition) is 2. The summed E-state index contributed by atoms with van der Waals surface area (Å²) in [7, 11) is 0. The quantitative estimate of drug-likeness (QED) is 0.791. The second-order valence-corrected chi connectivity index (χ2v) is 3.80. The first kappa shape index (κ1) is 11.3. The highest BCUT2D eigenvalue weighted by molar-refractivity contribution is 5.94. The van der Waals surface area contributed by atoms with Gasteiger partial charge in [0, 0.05) is 5.56 Å². The van der Waals surface area contributed by atoms with Crippen molar-refractivity contribution in [1.82, 2.24) is 0 Å². The van der Waals surface area contributed by atoms with Gasteiger partial charge in [0.05, 0.1) is 5.97 Å². The van der Waals surface area contributed by atoms with E-state index in [0.717, 1.165) is 0 Å². The highest BCUT2D eigenvalue weighted by atomic mass is 19.1. The lowest BCUT2D eigenvalue weighted by Crippen LogP contribution is -2.22. The zero-order valence-electron chi connectivity index (χ0n) is 9.24. The summed E-state index contributed by atoms with van der Waals surface area (Å²) < 4.78 is 13.1. The second-order valence-electron chi connectivity index (χ2n) is 3.80. The highest BCUT2D eigenvalue weighted by Crippen LogP contribution is 2.25. The van der Waals surface area contributed by atoms with Crippen LogP contribution in [0.4, 0.5) is 4.39 Å². The molecule has 2 nitrogen and oxygen atoms in total. The van der Waals surface area contributed by atoms with E-state index in [2.05, 4.69) is 0 Å². The maximum Gasteiger partial charge on any atom is 0.126 e. The monoisotopic (exact) mass is 229 g/mol. The van der Waals surface area contributed by atoms with Crippen LogP contribution in [0.5, 0.6) is 0 Å². The topological polar surface area (TPSA) is 40.1 Å². The van der Waals surface area contributed by atoms with Gasteiger partial charge in [0.25, 0.3) is 0 Å². The molecule has 0 N–H and O–H groups in total. The normalized spacial score (nSPS) is 10.2. The molecule has 0 aliphatic heterocycles. The largest absolute Gasteiger partial charge is 0.545 e. The van der Waals surface area contributed by atoms with Crippen LogP contribution in [-0.4, -0.2) is 5.97 Å². The second kappa shape index (κ2) is 4.37. The zero-order chi connectivity index (χ0) is 12.4. The fraction of sp³-hybridized carbons (Fsp3) is 0.0714. The van der Waals surface area contributed by atoms with Crippen LogP contribution in [0.1, 0.15) is 15.9 Å². The van der Waals surface area contributed by atoms with E-state index in [1.165, 1.54) is 12.1 Å². The van der Waals surface area contributed by atoms with Gasteiger partial charge < -0.3 is 9.90 Å². The van der Waals surface area contributed by atoms with Crippen molar-refractivity contribution in [3.05, 3.63) is 59.4 Å². The lowest BCUT2D eigenvalue weighted by molar-refractivity contribution is -0.254. The number of hydrogen-bond donors (Lipinski definition) is 0. The van der Waals surface area contributed by atoms with Crippen molar-refractivity contribution in [2.24, 2.45) is 0 Å².